The van der Waals surface area contributed by atoms with E-state index in [2.05, 4.69) is 37.8 Å². The van der Waals surface area contributed by atoms with Gasteiger partial charge in [-0.25, -0.2) is 0 Å². The molecule has 24 heavy (non-hydrogen) atoms. The molecule has 0 fully saturated rings. The van der Waals surface area contributed by atoms with E-state index in [4.69, 9.17) is 10.2 Å². The Bertz CT molecular complexity index is 484. The third-order valence-electron chi connectivity index (χ3n) is 4.34. The van der Waals surface area contributed by atoms with E-state index < -0.39 is 0 Å². The lowest BCUT2D eigenvalue weighted by Crippen LogP contribution is -2.26. The van der Waals surface area contributed by atoms with Crippen LogP contribution in [0.2, 0.25) is 0 Å². The molecule has 1 aromatic rings. The lowest BCUT2D eigenvalue weighted by atomic mass is 9.84. The number of hydrogen-bond acceptors (Lipinski definition) is 4. The first kappa shape index (κ1) is 20.9. The topological polar surface area (TPSA) is 63.9 Å². The quantitative estimate of drug-likeness (QED) is 0.573. The molecule has 0 heterocycles. The average Bonchev–Trinajstić information content (AvgIpc) is 2.49. The number of aromatic hydroxyl groups is 1. The number of hydrogen-bond donors (Lipinski definition) is 3. The number of phenols is 1. The lowest BCUT2D eigenvalue weighted by Gasteiger charge is -2.26. The molecule has 4 heteroatoms. The van der Waals surface area contributed by atoms with Gasteiger partial charge in [0.15, 0.2) is 0 Å². The molecule has 4 nitrogen and oxygen atoms in total. The van der Waals surface area contributed by atoms with E-state index in [0.717, 1.165) is 56.4 Å². The summed E-state index contributed by atoms with van der Waals surface area (Å²) in [5.74, 6) is 0.401. The van der Waals surface area contributed by atoms with Crippen molar-refractivity contribution >= 4 is 0 Å². The third kappa shape index (κ3) is 6.80. The van der Waals surface area contributed by atoms with Gasteiger partial charge >= 0.3 is 0 Å². The summed E-state index contributed by atoms with van der Waals surface area (Å²) in [5, 5.41) is 28.4. The molecule has 1 aromatic carbocycles. The molecule has 1 rings (SSSR count). The van der Waals surface area contributed by atoms with Crippen molar-refractivity contribution in [3.05, 3.63) is 28.8 Å². The van der Waals surface area contributed by atoms with Crippen molar-refractivity contribution < 1.29 is 15.3 Å². The van der Waals surface area contributed by atoms with Crippen LogP contribution >= 0.6 is 0 Å². The Hall–Kier alpha value is -1.10. The average molecular weight is 338 g/mol. The van der Waals surface area contributed by atoms with Crippen LogP contribution < -0.4 is 0 Å². The van der Waals surface area contributed by atoms with Gasteiger partial charge in [0.2, 0.25) is 0 Å². The third-order valence-corrected chi connectivity index (χ3v) is 4.34. The number of nitrogens with zero attached hydrogens (tertiary/aromatic N) is 1. The highest BCUT2D eigenvalue weighted by molar-refractivity contribution is 5.46. The van der Waals surface area contributed by atoms with Crippen molar-refractivity contribution in [3.8, 4) is 5.75 Å². The van der Waals surface area contributed by atoms with Crippen LogP contribution in [0.5, 0.6) is 5.75 Å². The minimum Gasteiger partial charge on any atom is -0.507 e. The fourth-order valence-electron chi connectivity index (χ4n) is 2.94. The molecule has 0 spiro atoms. The van der Waals surface area contributed by atoms with Crippen LogP contribution in [0.3, 0.4) is 0 Å². The van der Waals surface area contributed by atoms with Crippen LogP contribution in [0.25, 0.3) is 0 Å². The van der Waals surface area contributed by atoms with E-state index >= 15 is 0 Å². The van der Waals surface area contributed by atoms with Gasteiger partial charge in [-0.3, -0.25) is 4.90 Å². The van der Waals surface area contributed by atoms with Gasteiger partial charge in [0, 0.05) is 19.8 Å². The molecular weight excluding hydrogens is 302 g/mol. The van der Waals surface area contributed by atoms with Gasteiger partial charge in [0.05, 0.1) is 0 Å². The van der Waals surface area contributed by atoms with Gasteiger partial charge in [0.25, 0.3) is 0 Å². The van der Waals surface area contributed by atoms with Crippen molar-refractivity contribution in [3.63, 3.8) is 0 Å². The Labute approximate surface area is 147 Å². The Balaban J connectivity index is 2.89. The summed E-state index contributed by atoms with van der Waals surface area (Å²) in [7, 11) is 0. The maximum Gasteiger partial charge on any atom is 0.122 e. The fraction of sp³-hybridized carbons (Fsp3) is 0.700. The normalized spacial score (nSPS) is 12.1. The van der Waals surface area contributed by atoms with Crippen LogP contribution in [0.4, 0.5) is 0 Å². The monoisotopic (exact) mass is 337 g/mol. The summed E-state index contributed by atoms with van der Waals surface area (Å²) >= 11 is 0. The van der Waals surface area contributed by atoms with Gasteiger partial charge in [0.1, 0.15) is 5.75 Å². The Morgan fingerprint density at radius 1 is 0.917 bits per heavy atom. The summed E-state index contributed by atoms with van der Waals surface area (Å²) in [6.45, 7) is 11.5. The maximum atomic E-state index is 10.4. The SMILES string of the molecule is Cc1cc(CN(CCCCO)CCCCO)cc(C(C)(C)C)c1O. The summed E-state index contributed by atoms with van der Waals surface area (Å²) in [5.41, 5.74) is 3.03. The second kappa shape index (κ2) is 10.0. The molecule has 0 aliphatic carbocycles. The Kier molecular flexibility index (Phi) is 8.74. The van der Waals surface area contributed by atoms with E-state index in [1.807, 2.05) is 6.92 Å². The van der Waals surface area contributed by atoms with Crippen molar-refractivity contribution in [2.24, 2.45) is 0 Å². The second-order valence-electron chi connectivity index (χ2n) is 7.70. The Morgan fingerprint density at radius 3 is 1.92 bits per heavy atom. The highest BCUT2D eigenvalue weighted by Gasteiger charge is 2.20. The van der Waals surface area contributed by atoms with Crippen molar-refractivity contribution in [1.29, 1.82) is 0 Å². The van der Waals surface area contributed by atoms with Gasteiger partial charge in [-0.05, 0) is 67.8 Å². The molecule has 0 aromatic heterocycles. The van der Waals surface area contributed by atoms with Crippen molar-refractivity contribution in [1.82, 2.24) is 4.90 Å². The molecule has 3 N–H and O–H groups in total. The zero-order chi connectivity index (χ0) is 18.2. The summed E-state index contributed by atoms with van der Waals surface area (Å²) < 4.78 is 0. The number of aryl methyl sites for hydroxylation is 1. The number of aliphatic hydroxyl groups excluding tert-OH is 2. The lowest BCUT2D eigenvalue weighted by molar-refractivity contribution is 0.221. The van der Waals surface area contributed by atoms with Crippen LogP contribution in [-0.2, 0) is 12.0 Å². The number of aliphatic hydroxyl groups is 2. The van der Waals surface area contributed by atoms with Crippen LogP contribution in [0.1, 0.15) is 63.1 Å². The highest BCUT2D eigenvalue weighted by atomic mass is 16.3. The van der Waals surface area contributed by atoms with E-state index in [0.29, 0.717) is 5.75 Å². The molecule has 0 radical (unpaired) electrons. The zero-order valence-corrected chi connectivity index (χ0v) is 15.8. The van der Waals surface area contributed by atoms with Gasteiger partial charge in [-0.1, -0.05) is 32.9 Å². The second-order valence-corrected chi connectivity index (χ2v) is 7.70. The van der Waals surface area contributed by atoms with E-state index in [9.17, 15) is 5.11 Å². The Morgan fingerprint density at radius 2 is 1.46 bits per heavy atom. The molecule has 0 saturated heterocycles. The van der Waals surface area contributed by atoms with Gasteiger partial charge in [-0.2, -0.15) is 0 Å². The van der Waals surface area contributed by atoms with Gasteiger partial charge < -0.3 is 15.3 Å². The zero-order valence-electron chi connectivity index (χ0n) is 15.8. The van der Waals surface area contributed by atoms with E-state index in [1.165, 1.54) is 5.56 Å². The standard InChI is InChI=1S/C20H35NO3/c1-16-13-17(14-18(19(16)24)20(2,3)4)15-21(9-5-7-11-22)10-6-8-12-23/h13-14,22-24H,5-12,15H2,1-4H3. The van der Waals surface area contributed by atoms with Crippen LogP contribution in [-0.4, -0.2) is 46.5 Å². The molecule has 0 bridgehead atoms. The van der Waals surface area contributed by atoms with Gasteiger partial charge in [-0.15, -0.1) is 0 Å². The number of benzene rings is 1. The number of unbranched alkanes of at least 4 members (excludes halogenated alkanes) is 2. The molecule has 138 valence electrons. The highest BCUT2D eigenvalue weighted by Crippen LogP contribution is 2.34. The molecule has 0 aliphatic heterocycles. The number of phenolic OH excluding ortho intramolecular Hbond substituents is 1. The number of rotatable bonds is 10. The first-order chi connectivity index (χ1) is 11.3. The van der Waals surface area contributed by atoms with Crippen LogP contribution in [0.15, 0.2) is 12.1 Å². The molecule has 0 aliphatic rings. The molecule has 0 unspecified atom stereocenters. The predicted octanol–water partition coefficient (Wildman–Crippen LogP) is 3.35. The van der Waals surface area contributed by atoms with E-state index in [-0.39, 0.29) is 18.6 Å². The molecular formula is C20H35NO3. The summed E-state index contributed by atoms with van der Waals surface area (Å²) in [4.78, 5) is 2.38. The molecule has 0 atom stereocenters. The minimum absolute atomic E-state index is 0.0938. The van der Waals surface area contributed by atoms with Crippen molar-refractivity contribution in [2.75, 3.05) is 26.3 Å². The first-order valence-corrected chi connectivity index (χ1v) is 9.06. The smallest absolute Gasteiger partial charge is 0.122 e. The summed E-state index contributed by atoms with van der Waals surface area (Å²) in [6, 6.07) is 4.18. The first-order valence-electron chi connectivity index (χ1n) is 9.06. The molecule has 0 saturated carbocycles. The van der Waals surface area contributed by atoms with Crippen LogP contribution in [0, 0.1) is 6.92 Å². The summed E-state index contributed by atoms with van der Waals surface area (Å²) in [6.07, 6.45) is 3.58. The largest absolute Gasteiger partial charge is 0.507 e. The predicted molar refractivity (Wildman–Crippen MR) is 99.5 cm³/mol. The molecule has 0 amide bonds. The minimum atomic E-state index is -0.0938. The van der Waals surface area contributed by atoms with Crippen molar-refractivity contribution in [2.45, 2.75) is 65.3 Å². The maximum absolute atomic E-state index is 10.4. The van der Waals surface area contributed by atoms with E-state index in [1.54, 1.807) is 0 Å². The fourth-order valence-corrected chi connectivity index (χ4v) is 2.94.